The van der Waals surface area contributed by atoms with Crippen LogP contribution in [-0.2, 0) is 31.1 Å². The molecule has 2 aromatic carbocycles. The molecule has 0 aliphatic carbocycles. The highest BCUT2D eigenvalue weighted by Gasteiger charge is 2.49. The fraction of sp³-hybridized carbons (Fsp3) is 0.273. The number of urea groups is 1. The van der Waals surface area contributed by atoms with Crippen LogP contribution in [0.1, 0.15) is 25.0 Å². The molecule has 1 fully saturated rings. The smallest absolute Gasteiger partial charge is 0.326 e. The molecule has 1 heterocycles. The molecule has 4 amide bonds. The molecule has 156 valence electrons. The number of anilines is 1. The number of carbonyl (C=O) groups is 4. The first-order valence-corrected chi connectivity index (χ1v) is 9.57. The third kappa shape index (κ3) is 4.48. The first-order chi connectivity index (χ1) is 14.3. The Kier molecular flexibility index (Phi) is 6.15. The Morgan fingerprint density at radius 1 is 1.07 bits per heavy atom. The summed E-state index contributed by atoms with van der Waals surface area (Å²) in [6.07, 6.45) is 0.887. The molecule has 0 bridgehead atoms. The summed E-state index contributed by atoms with van der Waals surface area (Å²) in [6, 6.07) is 15.4. The van der Waals surface area contributed by atoms with Crippen molar-refractivity contribution in [2.24, 2.45) is 0 Å². The second-order valence-electron chi connectivity index (χ2n) is 7.07. The van der Waals surface area contributed by atoms with Crippen LogP contribution in [0, 0.1) is 0 Å². The number of esters is 1. The number of imide groups is 1. The number of hydrogen-bond acceptors (Lipinski definition) is 5. The van der Waals surface area contributed by atoms with Gasteiger partial charge in [0.2, 0.25) is 0 Å². The molecule has 1 saturated heterocycles. The number of hydrogen-bond donors (Lipinski definition) is 2. The molecule has 8 nitrogen and oxygen atoms in total. The van der Waals surface area contributed by atoms with Crippen LogP contribution in [0.5, 0.6) is 0 Å². The van der Waals surface area contributed by atoms with Crippen LogP contribution in [0.2, 0.25) is 0 Å². The predicted octanol–water partition coefficient (Wildman–Crippen LogP) is 2.20. The number of aryl methyl sites for hydroxylation is 1. The summed E-state index contributed by atoms with van der Waals surface area (Å²) >= 11 is 0. The maximum Gasteiger partial charge on any atom is 0.326 e. The van der Waals surface area contributed by atoms with Crippen LogP contribution in [0.3, 0.4) is 0 Å². The van der Waals surface area contributed by atoms with E-state index in [9.17, 15) is 19.2 Å². The average molecular weight is 409 g/mol. The summed E-state index contributed by atoms with van der Waals surface area (Å²) in [4.78, 5) is 49.9. The molecular formula is C22H23N3O5. The van der Waals surface area contributed by atoms with Crippen LogP contribution >= 0.6 is 0 Å². The molecule has 0 spiro atoms. The number of carbonyl (C=O) groups excluding carboxylic acids is 4. The van der Waals surface area contributed by atoms with Gasteiger partial charge < -0.3 is 15.4 Å². The van der Waals surface area contributed by atoms with Crippen molar-refractivity contribution in [3.8, 4) is 0 Å². The Hall–Kier alpha value is -3.68. The van der Waals surface area contributed by atoms with E-state index in [1.54, 1.807) is 49.4 Å². The van der Waals surface area contributed by atoms with Crippen molar-refractivity contribution in [2.75, 3.05) is 18.5 Å². The van der Waals surface area contributed by atoms with Crippen molar-refractivity contribution < 1.29 is 23.9 Å². The van der Waals surface area contributed by atoms with Crippen LogP contribution in [0.15, 0.2) is 54.6 Å². The van der Waals surface area contributed by atoms with Crippen LogP contribution in [0.4, 0.5) is 10.5 Å². The number of nitrogens with zero attached hydrogens (tertiary/aromatic N) is 1. The van der Waals surface area contributed by atoms with E-state index in [0.717, 1.165) is 16.9 Å². The van der Waals surface area contributed by atoms with Gasteiger partial charge in [0.05, 0.1) is 0 Å². The maximum atomic E-state index is 12.8. The van der Waals surface area contributed by atoms with Gasteiger partial charge in [0.1, 0.15) is 12.1 Å². The SMILES string of the molecule is CCc1ccc(NC(=O)COC(=O)CN2C(=O)N[C@@](C)(c3ccccc3)C2=O)cc1. The van der Waals surface area contributed by atoms with E-state index in [4.69, 9.17) is 4.74 Å². The lowest BCUT2D eigenvalue weighted by Crippen LogP contribution is -2.41. The van der Waals surface area contributed by atoms with E-state index in [2.05, 4.69) is 10.6 Å². The van der Waals surface area contributed by atoms with E-state index in [0.29, 0.717) is 11.3 Å². The van der Waals surface area contributed by atoms with Crippen LogP contribution in [0.25, 0.3) is 0 Å². The molecule has 0 aromatic heterocycles. The zero-order valence-electron chi connectivity index (χ0n) is 16.8. The van der Waals surface area contributed by atoms with Gasteiger partial charge in [-0.25, -0.2) is 4.79 Å². The highest BCUT2D eigenvalue weighted by Crippen LogP contribution is 2.28. The molecule has 1 aliphatic rings. The summed E-state index contributed by atoms with van der Waals surface area (Å²) in [5.41, 5.74) is 1.06. The van der Waals surface area contributed by atoms with Gasteiger partial charge in [0.15, 0.2) is 6.61 Å². The second-order valence-corrected chi connectivity index (χ2v) is 7.07. The summed E-state index contributed by atoms with van der Waals surface area (Å²) in [5, 5.41) is 5.23. The van der Waals surface area contributed by atoms with E-state index < -0.39 is 42.5 Å². The Morgan fingerprint density at radius 2 is 1.73 bits per heavy atom. The molecule has 30 heavy (non-hydrogen) atoms. The Balaban J connectivity index is 1.53. The number of rotatable bonds is 7. The van der Waals surface area contributed by atoms with Crippen molar-refractivity contribution in [1.29, 1.82) is 0 Å². The molecule has 2 aromatic rings. The number of nitrogens with one attached hydrogen (secondary N) is 2. The Bertz CT molecular complexity index is 958. The summed E-state index contributed by atoms with van der Waals surface area (Å²) in [7, 11) is 0. The monoisotopic (exact) mass is 409 g/mol. The van der Waals surface area contributed by atoms with Crippen LogP contribution in [-0.4, -0.2) is 41.9 Å². The average Bonchev–Trinajstić information content (AvgIpc) is 2.97. The minimum Gasteiger partial charge on any atom is -0.454 e. The number of benzene rings is 2. The Labute approximate surface area is 174 Å². The fourth-order valence-electron chi connectivity index (χ4n) is 3.15. The van der Waals surface area contributed by atoms with E-state index in [-0.39, 0.29) is 0 Å². The molecule has 8 heteroatoms. The van der Waals surface area contributed by atoms with Gasteiger partial charge in [0.25, 0.3) is 11.8 Å². The van der Waals surface area contributed by atoms with Crippen LogP contribution < -0.4 is 10.6 Å². The molecular weight excluding hydrogens is 386 g/mol. The van der Waals surface area contributed by atoms with Gasteiger partial charge >= 0.3 is 12.0 Å². The van der Waals surface area contributed by atoms with E-state index in [1.807, 2.05) is 19.1 Å². The summed E-state index contributed by atoms with van der Waals surface area (Å²) < 4.78 is 4.93. The van der Waals surface area contributed by atoms with Crippen molar-refractivity contribution in [1.82, 2.24) is 10.2 Å². The Morgan fingerprint density at radius 3 is 2.37 bits per heavy atom. The summed E-state index contributed by atoms with van der Waals surface area (Å²) in [5.74, 6) is -1.93. The van der Waals surface area contributed by atoms with Gasteiger partial charge in [-0.2, -0.15) is 0 Å². The topological polar surface area (TPSA) is 105 Å². The standard InChI is InChI=1S/C22H23N3O5/c1-3-15-9-11-17(12-10-15)23-18(26)14-30-19(27)13-25-20(28)22(2,24-21(25)29)16-7-5-4-6-8-16/h4-12H,3,13-14H2,1-2H3,(H,23,26)(H,24,29)/t22-/m0/s1. The first kappa shape index (κ1) is 21.0. The molecule has 0 saturated carbocycles. The molecule has 0 unspecified atom stereocenters. The zero-order valence-corrected chi connectivity index (χ0v) is 16.8. The molecule has 0 radical (unpaired) electrons. The summed E-state index contributed by atoms with van der Waals surface area (Å²) in [6.45, 7) is 2.51. The first-order valence-electron chi connectivity index (χ1n) is 9.57. The van der Waals surface area contributed by atoms with Crippen molar-refractivity contribution >= 4 is 29.5 Å². The molecule has 1 atom stereocenters. The second kappa shape index (κ2) is 8.77. The van der Waals surface area contributed by atoms with Gasteiger partial charge in [-0.05, 0) is 36.6 Å². The lowest BCUT2D eigenvalue weighted by Gasteiger charge is -2.21. The van der Waals surface area contributed by atoms with Gasteiger partial charge in [0, 0.05) is 5.69 Å². The molecule has 1 aliphatic heterocycles. The van der Waals surface area contributed by atoms with Crippen molar-refractivity contribution in [3.05, 3.63) is 65.7 Å². The lowest BCUT2D eigenvalue weighted by atomic mass is 9.92. The minimum absolute atomic E-state index is 0.515. The maximum absolute atomic E-state index is 12.8. The number of ether oxygens (including phenoxy) is 1. The highest BCUT2D eigenvalue weighted by molar-refractivity contribution is 6.09. The molecule has 3 rings (SSSR count). The predicted molar refractivity (Wildman–Crippen MR) is 109 cm³/mol. The number of amides is 4. The largest absolute Gasteiger partial charge is 0.454 e. The fourth-order valence-corrected chi connectivity index (χ4v) is 3.15. The van der Waals surface area contributed by atoms with E-state index >= 15 is 0 Å². The lowest BCUT2D eigenvalue weighted by molar-refractivity contribution is -0.150. The zero-order chi connectivity index (χ0) is 21.7. The quantitative estimate of drug-likeness (QED) is 0.539. The van der Waals surface area contributed by atoms with Crippen molar-refractivity contribution in [3.63, 3.8) is 0 Å². The third-order valence-corrected chi connectivity index (χ3v) is 4.92. The third-order valence-electron chi connectivity index (χ3n) is 4.92. The van der Waals surface area contributed by atoms with Gasteiger partial charge in [-0.1, -0.05) is 49.4 Å². The molecule has 2 N–H and O–H groups in total. The minimum atomic E-state index is -1.26. The normalized spacial score (nSPS) is 18.1. The van der Waals surface area contributed by atoms with Gasteiger partial charge in [-0.3, -0.25) is 19.3 Å². The van der Waals surface area contributed by atoms with Crippen molar-refractivity contribution in [2.45, 2.75) is 25.8 Å². The highest BCUT2D eigenvalue weighted by atomic mass is 16.5. The van der Waals surface area contributed by atoms with Gasteiger partial charge in [-0.15, -0.1) is 0 Å². The van der Waals surface area contributed by atoms with E-state index in [1.165, 1.54) is 0 Å².